The first kappa shape index (κ1) is 25.3. The monoisotopic (exact) mass is 499 g/mol. The van der Waals surface area contributed by atoms with Crippen molar-refractivity contribution in [3.8, 4) is 0 Å². The summed E-state index contributed by atoms with van der Waals surface area (Å²) in [6, 6.07) is 11.0. The third-order valence-corrected chi connectivity index (χ3v) is 6.46. The second-order valence-electron chi connectivity index (χ2n) is 7.48. The molecule has 10 heteroatoms. The molecule has 0 aliphatic rings. The minimum absolute atomic E-state index is 0.00181. The number of ketones is 1. The van der Waals surface area contributed by atoms with Crippen LogP contribution in [0.2, 0.25) is 0 Å². The summed E-state index contributed by atoms with van der Waals surface area (Å²) in [6.45, 7) is 2.11. The van der Waals surface area contributed by atoms with Crippen LogP contribution in [0.5, 0.6) is 0 Å². The summed E-state index contributed by atoms with van der Waals surface area (Å²) in [5.74, 6) is -0.998. The molecule has 8 nitrogen and oxygen atoms in total. The van der Waals surface area contributed by atoms with Gasteiger partial charge in [0.1, 0.15) is 11.6 Å². The first-order chi connectivity index (χ1) is 16.4. The highest BCUT2D eigenvalue weighted by atomic mass is 32.1. The number of hydrogen-bond donors (Lipinski definition) is 2. The molecule has 0 unspecified atom stereocenters. The van der Waals surface area contributed by atoms with Crippen molar-refractivity contribution in [2.45, 2.75) is 39.2 Å². The lowest BCUT2D eigenvalue weighted by atomic mass is 10.2. The van der Waals surface area contributed by atoms with Crippen molar-refractivity contribution < 1.29 is 23.9 Å². The van der Waals surface area contributed by atoms with Crippen molar-refractivity contribution in [3.05, 3.63) is 68.3 Å². The maximum absolute atomic E-state index is 12.2. The molecule has 2 heterocycles. The van der Waals surface area contributed by atoms with Crippen LogP contribution in [0.25, 0.3) is 0 Å². The number of carbonyl (C=O) groups excluding carboxylic acids is 4. The van der Waals surface area contributed by atoms with Gasteiger partial charge in [0.05, 0.1) is 23.4 Å². The Morgan fingerprint density at radius 1 is 0.971 bits per heavy atom. The quantitative estimate of drug-likeness (QED) is 0.288. The second kappa shape index (κ2) is 12.8. The summed E-state index contributed by atoms with van der Waals surface area (Å²) < 4.78 is 5.18. The Hall–Kier alpha value is -3.37. The molecule has 0 aliphatic heterocycles. The van der Waals surface area contributed by atoms with Crippen LogP contribution in [-0.2, 0) is 32.1 Å². The summed E-state index contributed by atoms with van der Waals surface area (Å²) in [5.41, 5.74) is 2.40. The Balaban J connectivity index is 1.30. The van der Waals surface area contributed by atoms with Crippen molar-refractivity contribution >= 4 is 51.9 Å². The molecular weight excluding hydrogens is 474 g/mol. The van der Waals surface area contributed by atoms with Crippen molar-refractivity contribution in [1.29, 1.82) is 0 Å². The smallest absolute Gasteiger partial charge is 0.307 e. The highest BCUT2D eigenvalue weighted by Crippen LogP contribution is 2.14. The van der Waals surface area contributed by atoms with Crippen LogP contribution in [0, 0.1) is 6.92 Å². The van der Waals surface area contributed by atoms with E-state index in [1.165, 1.54) is 22.7 Å². The lowest BCUT2D eigenvalue weighted by Gasteiger charge is -2.05. The topological polar surface area (TPSA) is 114 Å². The van der Waals surface area contributed by atoms with Crippen LogP contribution in [-0.4, -0.2) is 35.1 Å². The summed E-state index contributed by atoms with van der Waals surface area (Å²) >= 11 is 2.67. The second-order valence-corrected chi connectivity index (χ2v) is 9.38. The van der Waals surface area contributed by atoms with E-state index in [0.29, 0.717) is 15.6 Å². The fraction of sp³-hybridized carbons (Fsp3) is 0.292. The van der Waals surface area contributed by atoms with E-state index in [0.717, 1.165) is 11.3 Å². The van der Waals surface area contributed by atoms with Crippen molar-refractivity contribution in [2.24, 2.45) is 0 Å². The zero-order valence-corrected chi connectivity index (χ0v) is 20.3. The van der Waals surface area contributed by atoms with Gasteiger partial charge in [0.2, 0.25) is 11.8 Å². The molecule has 1 aromatic carbocycles. The number of thiophene rings is 1. The summed E-state index contributed by atoms with van der Waals surface area (Å²) in [4.78, 5) is 52.8. The molecule has 178 valence electrons. The van der Waals surface area contributed by atoms with Gasteiger partial charge in [0, 0.05) is 30.5 Å². The highest BCUT2D eigenvalue weighted by Gasteiger charge is 2.12. The molecule has 0 fully saturated rings. The summed E-state index contributed by atoms with van der Waals surface area (Å²) in [7, 11) is 0. The van der Waals surface area contributed by atoms with Gasteiger partial charge in [-0.1, -0.05) is 23.8 Å². The van der Waals surface area contributed by atoms with E-state index in [2.05, 4.69) is 15.6 Å². The van der Waals surface area contributed by atoms with Gasteiger partial charge >= 0.3 is 5.97 Å². The first-order valence-corrected chi connectivity index (χ1v) is 12.4. The van der Waals surface area contributed by atoms with Crippen LogP contribution in [0.15, 0.2) is 47.2 Å². The van der Waals surface area contributed by atoms with Gasteiger partial charge in [-0.05, 0) is 30.5 Å². The number of ether oxygens (including phenoxy) is 1. The standard InChI is InChI=1S/C24H25N3O5S2/c1-16-4-6-17(7-5-16)26-22(30)13-23-27-18(15-34-23)14-32-24(31)10-11-25-21(29)9-8-19(28)20-3-2-12-33-20/h2-7,12,15H,8-11,13-14H2,1H3,(H,25,29)(H,26,30). The fourth-order valence-electron chi connectivity index (χ4n) is 2.88. The average Bonchev–Trinajstić information content (AvgIpc) is 3.50. The van der Waals surface area contributed by atoms with Crippen molar-refractivity contribution in [2.75, 3.05) is 11.9 Å². The zero-order valence-electron chi connectivity index (χ0n) is 18.7. The number of esters is 1. The molecular formula is C24H25N3O5S2. The molecule has 2 amide bonds. The number of nitrogens with zero attached hydrogens (tertiary/aromatic N) is 1. The molecule has 2 N–H and O–H groups in total. The van der Waals surface area contributed by atoms with Gasteiger partial charge in [0.25, 0.3) is 0 Å². The highest BCUT2D eigenvalue weighted by molar-refractivity contribution is 7.12. The number of aryl methyl sites for hydroxylation is 1. The lowest BCUT2D eigenvalue weighted by molar-refractivity contribution is -0.145. The molecule has 0 spiro atoms. The third kappa shape index (κ3) is 8.53. The number of nitrogens with one attached hydrogen (secondary N) is 2. The molecule has 34 heavy (non-hydrogen) atoms. The zero-order chi connectivity index (χ0) is 24.3. The Kier molecular flexibility index (Phi) is 9.48. The van der Waals surface area contributed by atoms with E-state index in [1.54, 1.807) is 17.5 Å². The van der Waals surface area contributed by atoms with Crippen LogP contribution in [0.3, 0.4) is 0 Å². The molecule has 0 radical (unpaired) electrons. The largest absolute Gasteiger partial charge is 0.459 e. The maximum atomic E-state index is 12.2. The molecule has 3 aromatic rings. The SMILES string of the molecule is Cc1ccc(NC(=O)Cc2nc(COC(=O)CCNC(=O)CCC(=O)c3cccs3)cs2)cc1. The number of thiazole rings is 1. The van der Waals surface area contributed by atoms with Crippen LogP contribution in [0.4, 0.5) is 5.69 Å². The van der Waals surface area contributed by atoms with Crippen LogP contribution >= 0.6 is 22.7 Å². The number of Topliss-reactive ketones (excluding diaryl/α,β-unsaturated/α-hetero) is 1. The summed E-state index contributed by atoms with van der Waals surface area (Å²) in [6.07, 6.45) is 0.352. The molecule has 2 aromatic heterocycles. The molecule has 0 aliphatic carbocycles. The Morgan fingerprint density at radius 3 is 2.50 bits per heavy atom. The molecule has 0 saturated carbocycles. The number of aromatic nitrogens is 1. The Morgan fingerprint density at radius 2 is 1.76 bits per heavy atom. The van der Waals surface area contributed by atoms with Gasteiger partial charge in [-0.2, -0.15) is 0 Å². The number of amides is 2. The van der Waals surface area contributed by atoms with Crippen LogP contribution in [0.1, 0.15) is 45.2 Å². The van der Waals surface area contributed by atoms with E-state index in [1.807, 2.05) is 36.6 Å². The molecule has 0 bridgehead atoms. The number of rotatable bonds is 12. The Bertz CT molecular complexity index is 1120. The average molecular weight is 500 g/mol. The normalized spacial score (nSPS) is 10.5. The van der Waals surface area contributed by atoms with Gasteiger partial charge in [-0.15, -0.1) is 22.7 Å². The first-order valence-electron chi connectivity index (χ1n) is 10.7. The number of anilines is 1. The molecule has 0 atom stereocenters. The predicted octanol–water partition coefficient (Wildman–Crippen LogP) is 3.91. The van der Waals surface area contributed by atoms with Crippen LogP contribution < -0.4 is 10.6 Å². The minimum atomic E-state index is -0.471. The number of hydrogen-bond acceptors (Lipinski definition) is 8. The van der Waals surface area contributed by atoms with E-state index >= 15 is 0 Å². The lowest BCUT2D eigenvalue weighted by Crippen LogP contribution is -2.26. The van der Waals surface area contributed by atoms with E-state index in [-0.39, 0.29) is 56.4 Å². The number of carbonyl (C=O) groups is 4. The van der Waals surface area contributed by atoms with Crippen molar-refractivity contribution in [1.82, 2.24) is 10.3 Å². The predicted molar refractivity (Wildman–Crippen MR) is 131 cm³/mol. The fourth-order valence-corrected chi connectivity index (χ4v) is 4.35. The maximum Gasteiger partial charge on any atom is 0.307 e. The summed E-state index contributed by atoms with van der Waals surface area (Å²) in [5, 5.41) is 9.62. The Labute approximate surface area is 205 Å². The third-order valence-electron chi connectivity index (χ3n) is 4.65. The minimum Gasteiger partial charge on any atom is -0.459 e. The molecule has 3 rings (SSSR count). The number of benzene rings is 1. The van der Waals surface area contributed by atoms with E-state index in [4.69, 9.17) is 4.74 Å². The van der Waals surface area contributed by atoms with Gasteiger partial charge in [-0.25, -0.2) is 4.98 Å². The van der Waals surface area contributed by atoms with Gasteiger partial charge < -0.3 is 15.4 Å². The van der Waals surface area contributed by atoms with E-state index < -0.39 is 5.97 Å². The molecule has 0 saturated heterocycles. The van der Waals surface area contributed by atoms with E-state index in [9.17, 15) is 19.2 Å². The van der Waals surface area contributed by atoms with Crippen molar-refractivity contribution in [3.63, 3.8) is 0 Å². The van der Waals surface area contributed by atoms with Gasteiger partial charge in [-0.3, -0.25) is 19.2 Å². The van der Waals surface area contributed by atoms with Gasteiger partial charge in [0.15, 0.2) is 5.78 Å².